The van der Waals surface area contributed by atoms with Gasteiger partial charge in [-0.1, -0.05) is 20.3 Å². The third-order valence-electron chi connectivity index (χ3n) is 3.97. The van der Waals surface area contributed by atoms with Crippen LogP contribution in [0, 0.1) is 12.7 Å². The molecular weight excluding hydrogens is 335 g/mol. The number of amides is 2. The number of carbonyl (C=O) groups excluding carboxylic acids is 2. The van der Waals surface area contributed by atoms with E-state index in [1.54, 1.807) is 6.07 Å². The summed E-state index contributed by atoms with van der Waals surface area (Å²) in [6.07, 6.45) is 4.17. The fourth-order valence-corrected chi connectivity index (χ4v) is 2.49. The Morgan fingerprint density at radius 3 is 2.58 bits per heavy atom. The van der Waals surface area contributed by atoms with Crippen molar-refractivity contribution in [1.82, 2.24) is 10.6 Å². The summed E-state index contributed by atoms with van der Waals surface area (Å²) in [4.78, 5) is 24.0. The molecule has 26 heavy (non-hydrogen) atoms. The monoisotopic (exact) mass is 366 g/mol. The molecule has 0 radical (unpaired) electrons. The van der Waals surface area contributed by atoms with Gasteiger partial charge in [0.25, 0.3) is 0 Å². The molecule has 1 aromatic carbocycles. The second-order valence-corrected chi connectivity index (χ2v) is 6.44. The average molecular weight is 366 g/mol. The van der Waals surface area contributed by atoms with Gasteiger partial charge >= 0.3 is 0 Å². The molecule has 0 aliphatic rings. The van der Waals surface area contributed by atoms with E-state index in [-0.39, 0.29) is 17.6 Å². The first-order valence-corrected chi connectivity index (χ1v) is 9.43. The Kier molecular flexibility index (Phi) is 10.4. The van der Waals surface area contributed by atoms with Crippen molar-refractivity contribution in [3.8, 4) is 5.75 Å². The highest BCUT2D eigenvalue weighted by molar-refractivity contribution is 5.87. The Morgan fingerprint density at radius 1 is 1.15 bits per heavy atom. The maximum absolute atomic E-state index is 13.3. The molecule has 0 bridgehead atoms. The van der Waals surface area contributed by atoms with E-state index in [1.807, 2.05) is 13.8 Å². The molecule has 1 aromatic rings. The molecule has 0 aliphatic heterocycles. The van der Waals surface area contributed by atoms with E-state index in [9.17, 15) is 14.0 Å². The maximum Gasteiger partial charge on any atom is 0.242 e. The third kappa shape index (κ3) is 8.83. The number of rotatable bonds is 12. The minimum Gasteiger partial charge on any atom is -0.493 e. The zero-order valence-corrected chi connectivity index (χ0v) is 16.1. The second-order valence-electron chi connectivity index (χ2n) is 6.44. The number of benzene rings is 1. The lowest BCUT2D eigenvalue weighted by Gasteiger charge is -2.16. The predicted molar refractivity (Wildman–Crippen MR) is 101 cm³/mol. The van der Waals surface area contributed by atoms with Crippen molar-refractivity contribution in [2.24, 2.45) is 0 Å². The van der Waals surface area contributed by atoms with Crippen LogP contribution in [0.25, 0.3) is 0 Å². The number of halogens is 1. The zero-order chi connectivity index (χ0) is 19.4. The number of hydrogen-bond acceptors (Lipinski definition) is 3. The summed E-state index contributed by atoms with van der Waals surface area (Å²) in [6.45, 7) is 6.80. The minimum absolute atomic E-state index is 0.126. The highest BCUT2D eigenvalue weighted by atomic mass is 19.1. The van der Waals surface area contributed by atoms with Gasteiger partial charge in [-0.3, -0.25) is 9.59 Å². The Hall–Kier alpha value is -2.11. The van der Waals surface area contributed by atoms with Gasteiger partial charge in [0.05, 0.1) is 6.61 Å². The van der Waals surface area contributed by atoms with E-state index in [1.165, 1.54) is 12.1 Å². The van der Waals surface area contributed by atoms with Gasteiger partial charge in [0.15, 0.2) is 0 Å². The lowest BCUT2D eigenvalue weighted by molar-refractivity contribution is -0.129. The Labute approximate surface area is 155 Å². The largest absolute Gasteiger partial charge is 0.493 e. The Morgan fingerprint density at radius 2 is 1.92 bits per heavy atom. The van der Waals surface area contributed by atoms with Crippen molar-refractivity contribution in [2.75, 3.05) is 13.2 Å². The van der Waals surface area contributed by atoms with E-state index in [0.29, 0.717) is 44.6 Å². The predicted octanol–water partition coefficient (Wildman–Crippen LogP) is 3.49. The molecule has 0 fully saturated rings. The number of hydrogen-bond donors (Lipinski definition) is 2. The lowest BCUT2D eigenvalue weighted by Crippen LogP contribution is -2.46. The average Bonchev–Trinajstić information content (AvgIpc) is 2.58. The lowest BCUT2D eigenvalue weighted by atomic mass is 10.1. The number of nitrogens with one attached hydrogen (secondary N) is 2. The fraction of sp³-hybridized carbons (Fsp3) is 0.600. The van der Waals surface area contributed by atoms with Crippen molar-refractivity contribution in [1.29, 1.82) is 0 Å². The molecule has 1 unspecified atom stereocenters. The normalized spacial score (nSPS) is 11.7. The van der Waals surface area contributed by atoms with E-state index in [0.717, 1.165) is 18.4 Å². The molecule has 2 N–H and O–H groups in total. The third-order valence-corrected chi connectivity index (χ3v) is 3.97. The van der Waals surface area contributed by atoms with E-state index >= 15 is 0 Å². The molecule has 0 aromatic heterocycles. The number of ether oxygens (including phenoxy) is 1. The molecule has 1 rings (SSSR count). The highest BCUT2D eigenvalue weighted by Crippen LogP contribution is 2.16. The summed E-state index contributed by atoms with van der Waals surface area (Å²) in [5, 5.41) is 5.61. The van der Waals surface area contributed by atoms with Crippen molar-refractivity contribution in [3.63, 3.8) is 0 Å². The van der Waals surface area contributed by atoms with Crippen LogP contribution < -0.4 is 15.4 Å². The molecule has 146 valence electrons. The Balaban J connectivity index is 2.23. The molecule has 0 heterocycles. The maximum atomic E-state index is 13.3. The van der Waals surface area contributed by atoms with Gasteiger partial charge in [-0.25, -0.2) is 4.39 Å². The van der Waals surface area contributed by atoms with E-state index < -0.39 is 6.04 Å². The second kappa shape index (κ2) is 12.3. The van der Waals surface area contributed by atoms with Crippen LogP contribution in [0.15, 0.2) is 18.2 Å². The van der Waals surface area contributed by atoms with Gasteiger partial charge in [0.1, 0.15) is 17.6 Å². The summed E-state index contributed by atoms with van der Waals surface area (Å²) in [5.74, 6) is -0.0767. The fourth-order valence-electron chi connectivity index (χ4n) is 2.49. The van der Waals surface area contributed by atoms with Crippen LogP contribution in [0.5, 0.6) is 5.75 Å². The molecule has 0 saturated carbocycles. The van der Waals surface area contributed by atoms with Crippen LogP contribution >= 0.6 is 0 Å². The van der Waals surface area contributed by atoms with Crippen molar-refractivity contribution >= 4 is 11.8 Å². The molecule has 0 aliphatic carbocycles. The molecule has 0 saturated heterocycles. The SMILES string of the molecule is CCCCNC(=O)C(CC)NC(=O)CCCCOc1cc(C)cc(F)c1. The van der Waals surface area contributed by atoms with Gasteiger partial charge in [-0.05, 0) is 50.3 Å². The van der Waals surface area contributed by atoms with Crippen LogP contribution in [0.4, 0.5) is 4.39 Å². The topological polar surface area (TPSA) is 67.4 Å². The number of carbonyl (C=O) groups is 2. The number of unbranched alkanes of at least 4 members (excludes halogenated alkanes) is 2. The first kappa shape index (κ1) is 21.9. The highest BCUT2D eigenvalue weighted by Gasteiger charge is 2.17. The van der Waals surface area contributed by atoms with Gasteiger partial charge in [-0.2, -0.15) is 0 Å². The first-order valence-electron chi connectivity index (χ1n) is 9.43. The van der Waals surface area contributed by atoms with Crippen molar-refractivity contribution in [3.05, 3.63) is 29.6 Å². The van der Waals surface area contributed by atoms with Crippen LogP contribution in [0.3, 0.4) is 0 Å². The zero-order valence-electron chi connectivity index (χ0n) is 16.1. The van der Waals surface area contributed by atoms with Gasteiger partial charge in [0.2, 0.25) is 11.8 Å². The summed E-state index contributed by atoms with van der Waals surface area (Å²) >= 11 is 0. The number of aryl methyl sites for hydroxylation is 1. The van der Waals surface area contributed by atoms with E-state index in [4.69, 9.17) is 4.74 Å². The van der Waals surface area contributed by atoms with Crippen molar-refractivity contribution in [2.45, 2.75) is 65.3 Å². The molecule has 0 spiro atoms. The van der Waals surface area contributed by atoms with Crippen LogP contribution in [0.1, 0.15) is 57.9 Å². The van der Waals surface area contributed by atoms with Crippen LogP contribution in [0.2, 0.25) is 0 Å². The summed E-state index contributed by atoms with van der Waals surface area (Å²) in [5.41, 5.74) is 0.808. The van der Waals surface area contributed by atoms with Gasteiger partial charge in [-0.15, -0.1) is 0 Å². The van der Waals surface area contributed by atoms with Crippen LogP contribution in [-0.2, 0) is 9.59 Å². The molecule has 6 heteroatoms. The summed E-state index contributed by atoms with van der Waals surface area (Å²) in [6, 6.07) is 4.09. The smallest absolute Gasteiger partial charge is 0.242 e. The quantitative estimate of drug-likeness (QED) is 0.557. The summed E-state index contributed by atoms with van der Waals surface area (Å²) < 4.78 is 18.8. The Bertz CT molecular complexity index is 558. The molecule has 2 amide bonds. The molecular formula is C20H31FN2O3. The van der Waals surface area contributed by atoms with Crippen LogP contribution in [-0.4, -0.2) is 31.0 Å². The summed E-state index contributed by atoms with van der Waals surface area (Å²) in [7, 11) is 0. The van der Waals surface area contributed by atoms with Crippen molar-refractivity contribution < 1.29 is 18.7 Å². The van der Waals surface area contributed by atoms with Gasteiger partial charge < -0.3 is 15.4 Å². The minimum atomic E-state index is -0.481. The molecule has 5 nitrogen and oxygen atoms in total. The standard InChI is InChI=1S/C20H31FN2O3/c1-4-6-10-22-20(25)18(5-2)23-19(24)9-7-8-11-26-17-13-15(3)12-16(21)14-17/h12-14,18H,4-11H2,1-3H3,(H,22,25)(H,23,24). The van der Waals surface area contributed by atoms with E-state index in [2.05, 4.69) is 17.6 Å². The van der Waals surface area contributed by atoms with Gasteiger partial charge in [0, 0.05) is 19.0 Å². The molecule has 1 atom stereocenters. The first-order chi connectivity index (χ1) is 12.5.